The lowest BCUT2D eigenvalue weighted by Crippen LogP contribution is -2.41. The van der Waals surface area contributed by atoms with Gasteiger partial charge in [-0.15, -0.1) is 0 Å². The second-order valence-electron chi connectivity index (χ2n) is 5.57. The molecule has 1 aliphatic heterocycles. The first-order valence-electron chi connectivity index (χ1n) is 7.44. The van der Waals surface area contributed by atoms with E-state index in [2.05, 4.69) is 45.5 Å². The number of nitrogens with one attached hydrogen (secondary N) is 1. The zero-order chi connectivity index (χ0) is 14.5. The topological polar surface area (TPSA) is 28.2 Å². The molecule has 3 rings (SSSR count). The van der Waals surface area contributed by atoms with Gasteiger partial charge in [0.25, 0.3) is 0 Å². The summed E-state index contributed by atoms with van der Waals surface area (Å²) in [5.74, 6) is 0.908. The van der Waals surface area contributed by atoms with Crippen molar-refractivity contribution < 1.29 is 0 Å². The molecule has 4 heteroatoms. The lowest BCUT2D eigenvalue weighted by atomic mass is 10.0. The lowest BCUT2D eigenvalue weighted by molar-refractivity contribution is 0.208. The van der Waals surface area contributed by atoms with E-state index in [4.69, 9.17) is 11.6 Å². The molecule has 1 fully saturated rings. The molecule has 0 spiro atoms. The lowest BCUT2D eigenvalue weighted by Gasteiger charge is -2.33. The highest BCUT2D eigenvalue weighted by Crippen LogP contribution is 2.17. The molecule has 110 valence electrons. The van der Waals surface area contributed by atoms with Crippen LogP contribution in [0.2, 0.25) is 5.02 Å². The number of anilines is 1. The summed E-state index contributed by atoms with van der Waals surface area (Å²) in [7, 11) is 0. The first kappa shape index (κ1) is 14.4. The molecule has 2 heterocycles. The van der Waals surface area contributed by atoms with Crippen LogP contribution in [0.5, 0.6) is 0 Å². The summed E-state index contributed by atoms with van der Waals surface area (Å²) < 4.78 is 0. The average Bonchev–Trinajstić information content (AvgIpc) is 2.51. The highest BCUT2D eigenvalue weighted by Gasteiger charge is 2.19. The zero-order valence-corrected chi connectivity index (χ0v) is 12.8. The minimum absolute atomic E-state index is 0.455. The van der Waals surface area contributed by atoms with Crippen molar-refractivity contribution in [3.05, 3.63) is 59.2 Å². The van der Waals surface area contributed by atoms with Crippen molar-refractivity contribution in [2.75, 3.05) is 18.4 Å². The fourth-order valence-corrected chi connectivity index (χ4v) is 2.94. The predicted octanol–water partition coefficient (Wildman–Crippen LogP) is 3.81. The van der Waals surface area contributed by atoms with Gasteiger partial charge in [0.2, 0.25) is 0 Å². The van der Waals surface area contributed by atoms with Crippen LogP contribution in [0.1, 0.15) is 18.4 Å². The Labute approximate surface area is 131 Å². The number of nitrogens with zero attached hydrogens (tertiary/aromatic N) is 2. The van der Waals surface area contributed by atoms with Gasteiger partial charge in [-0.3, -0.25) is 4.90 Å². The zero-order valence-electron chi connectivity index (χ0n) is 12.0. The molecule has 1 aliphatic rings. The molecule has 1 aromatic carbocycles. The highest BCUT2D eigenvalue weighted by atomic mass is 35.5. The maximum atomic E-state index is 5.87. The predicted molar refractivity (Wildman–Crippen MR) is 87.6 cm³/mol. The first-order valence-corrected chi connectivity index (χ1v) is 7.82. The van der Waals surface area contributed by atoms with E-state index in [1.165, 1.54) is 24.9 Å². The molecule has 3 nitrogen and oxygen atoms in total. The summed E-state index contributed by atoms with van der Waals surface area (Å²) in [5, 5.41) is 4.19. The Bertz CT molecular complexity index is 556. The Morgan fingerprint density at radius 1 is 1.19 bits per heavy atom. The largest absolute Gasteiger partial charge is 0.366 e. The van der Waals surface area contributed by atoms with Gasteiger partial charge in [-0.2, -0.15) is 0 Å². The fraction of sp³-hybridized carbons (Fsp3) is 0.353. The summed E-state index contributed by atoms with van der Waals surface area (Å²) in [6, 6.07) is 14.9. The summed E-state index contributed by atoms with van der Waals surface area (Å²) in [4.78, 5) is 6.83. The highest BCUT2D eigenvalue weighted by molar-refractivity contribution is 6.30. The van der Waals surface area contributed by atoms with E-state index < -0.39 is 0 Å². The third kappa shape index (κ3) is 4.19. The van der Waals surface area contributed by atoms with Crippen molar-refractivity contribution in [2.24, 2.45) is 0 Å². The quantitative estimate of drug-likeness (QED) is 0.931. The number of likely N-dealkylation sites (tertiary alicyclic amines) is 1. The number of pyridine rings is 1. The van der Waals surface area contributed by atoms with Gasteiger partial charge < -0.3 is 5.32 Å². The summed E-state index contributed by atoms with van der Waals surface area (Å²) >= 11 is 5.87. The Morgan fingerprint density at radius 3 is 2.81 bits per heavy atom. The van der Waals surface area contributed by atoms with Crippen LogP contribution >= 0.6 is 11.6 Å². The summed E-state index contributed by atoms with van der Waals surface area (Å²) in [6.45, 7) is 3.24. The molecular weight excluding hydrogens is 282 g/mol. The third-order valence-corrected chi connectivity index (χ3v) is 4.06. The number of benzene rings is 1. The second-order valence-corrected chi connectivity index (χ2v) is 6.00. The van der Waals surface area contributed by atoms with Gasteiger partial charge in [0, 0.05) is 25.3 Å². The molecule has 0 amide bonds. The van der Waals surface area contributed by atoms with Crippen molar-refractivity contribution in [3.8, 4) is 0 Å². The van der Waals surface area contributed by atoms with E-state index >= 15 is 0 Å². The van der Waals surface area contributed by atoms with Gasteiger partial charge in [0.15, 0.2) is 0 Å². The molecule has 21 heavy (non-hydrogen) atoms. The number of aromatic nitrogens is 1. The molecule has 0 radical (unpaired) electrons. The van der Waals surface area contributed by atoms with Gasteiger partial charge in [0.05, 0.1) is 5.02 Å². The van der Waals surface area contributed by atoms with Gasteiger partial charge >= 0.3 is 0 Å². The van der Waals surface area contributed by atoms with Crippen molar-refractivity contribution in [1.82, 2.24) is 9.88 Å². The van der Waals surface area contributed by atoms with Crippen LogP contribution in [0.4, 0.5) is 5.82 Å². The number of halogens is 1. The van der Waals surface area contributed by atoms with Crippen LogP contribution in [0, 0.1) is 0 Å². The van der Waals surface area contributed by atoms with Gasteiger partial charge in [-0.05, 0) is 37.1 Å². The normalized spacial score (nSPS) is 19.4. The standard InChI is InChI=1S/C17H20ClN3/c18-15-8-9-17(19-11-15)20-16-7-4-10-21(13-16)12-14-5-2-1-3-6-14/h1-3,5-6,8-9,11,16H,4,7,10,12-13H2,(H,19,20). The van der Waals surface area contributed by atoms with E-state index in [0.29, 0.717) is 11.1 Å². The molecule has 0 bridgehead atoms. The molecule has 1 atom stereocenters. The summed E-state index contributed by atoms with van der Waals surface area (Å²) in [5.41, 5.74) is 1.38. The number of hydrogen-bond donors (Lipinski definition) is 1. The smallest absolute Gasteiger partial charge is 0.126 e. The molecule has 1 N–H and O–H groups in total. The Morgan fingerprint density at radius 2 is 2.05 bits per heavy atom. The Balaban J connectivity index is 1.57. The van der Waals surface area contributed by atoms with Crippen LogP contribution in [-0.4, -0.2) is 29.0 Å². The van der Waals surface area contributed by atoms with Crippen molar-refractivity contribution >= 4 is 17.4 Å². The van der Waals surface area contributed by atoms with E-state index in [-0.39, 0.29) is 0 Å². The van der Waals surface area contributed by atoms with Crippen LogP contribution in [0.15, 0.2) is 48.7 Å². The van der Waals surface area contributed by atoms with Crippen molar-refractivity contribution in [3.63, 3.8) is 0 Å². The average molecular weight is 302 g/mol. The molecule has 0 aliphatic carbocycles. The number of rotatable bonds is 4. The minimum atomic E-state index is 0.455. The minimum Gasteiger partial charge on any atom is -0.366 e. The van der Waals surface area contributed by atoms with Crippen LogP contribution in [-0.2, 0) is 6.54 Å². The monoisotopic (exact) mass is 301 g/mol. The maximum Gasteiger partial charge on any atom is 0.126 e. The van der Waals surface area contributed by atoms with Crippen molar-refractivity contribution in [1.29, 1.82) is 0 Å². The number of hydrogen-bond acceptors (Lipinski definition) is 3. The van der Waals surface area contributed by atoms with Crippen molar-refractivity contribution in [2.45, 2.75) is 25.4 Å². The molecule has 1 aromatic heterocycles. The Hall–Kier alpha value is -1.58. The SMILES string of the molecule is Clc1ccc(NC2CCCN(Cc3ccccc3)C2)nc1. The maximum absolute atomic E-state index is 5.87. The molecule has 0 saturated carbocycles. The van der Waals surface area contributed by atoms with Crippen LogP contribution in [0.3, 0.4) is 0 Å². The summed E-state index contributed by atoms with van der Waals surface area (Å²) in [6.07, 6.45) is 4.10. The second kappa shape index (κ2) is 6.92. The van der Waals surface area contributed by atoms with Gasteiger partial charge in [-0.1, -0.05) is 41.9 Å². The van der Waals surface area contributed by atoms with Gasteiger partial charge in [0.1, 0.15) is 5.82 Å². The number of piperidine rings is 1. The van der Waals surface area contributed by atoms with Crippen LogP contribution in [0.25, 0.3) is 0 Å². The first-order chi connectivity index (χ1) is 10.3. The third-order valence-electron chi connectivity index (χ3n) is 3.83. The molecule has 2 aromatic rings. The van der Waals surface area contributed by atoms with E-state index in [9.17, 15) is 0 Å². The van der Waals surface area contributed by atoms with E-state index in [1.54, 1.807) is 6.20 Å². The fourth-order valence-electron chi connectivity index (χ4n) is 2.83. The van der Waals surface area contributed by atoms with Gasteiger partial charge in [-0.25, -0.2) is 4.98 Å². The van der Waals surface area contributed by atoms with E-state index in [1.807, 2.05) is 12.1 Å². The Kier molecular flexibility index (Phi) is 4.73. The van der Waals surface area contributed by atoms with Crippen LogP contribution < -0.4 is 5.32 Å². The molecular formula is C17H20ClN3. The van der Waals surface area contributed by atoms with E-state index in [0.717, 1.165) is 18.9 Å². The molecule has 1 saturated heterocycles. The molecule has 1 unspecified atom stereocenters.